The van der Waals surface area contributed by atoms with Gasteiger partial charge in [-0.2, -0.15) is 26.3 Å². The number of Topliss-reactive ketones (excluding diaryl/α,β-unsaturated/α-hetero) is 1. The average molecular weight is 534 g/mol. The van der Waals surface area contributed by atoms with Gasteiger partial charge in [0.2, 0.25) is 0 Å². The van der Waals surface area contributed by atoms with E-state index in [0.29, 0.717) is 33.4 Å². The highest BCUT2D eigenvalue weighted by molar-refractivity contribution is 6.22. The van der Waals surface area contributed by atoms with Crippen LogP contribution in [0.1, 0.15) is 32.6 Å². The molecule has 7 rings (SSSR count). The number of aromatic nitrogens is 1. The molecule has 9 heteroatoms. The summed E-state index contributed by atoms with van der Waals surface area (Å²) >= 11 is 0. The highest BCUT2D eigenvalue weighted by atomic mass is 19.4. The van der Waals surface area contributed by atoms with Gasteiger partial charge in [0.1, 0.15) is 0 Å². The number of carbonyl (C=O) groups is 1. The SMILES string of the molecule is O=C1c2ccccc2N2c3cc(C(F)(F)F)ccc3-c3[nH]c4ccccc4c3C12c1ccc(C(F)(F)F)cc1. The summed E-state index contributed by atoms with van der Waals surface area (Å²) in [4.78, 5) is 19.4. The average Bonchev–Trinajstić information content (AvgIpc) is 3.42. The fourth-order valence-electron chi connectivity index (χ4n) is 6.00. The molecular weight excluding hydrogens is 518 g/mol. The number of carbonyl (C=O) groups excluding carboxylic acids is 1. The molecule has 0 amide bonds. The molecule has 0 radical (unpaired) electrons. The summed E-state index contributed by atoms with van der Waals surface area (Å²) in [6.07, 6.45) is -9.26. The maximum absolute atomic E-state index is 14.5. The van der Waals surface area contributed by atoms with Crippen molar-refractivity contribution in [2.75, 3.05) is 4.90 Å². The number of nitrogens with one attached hydrogen (secondary N) is 1. The molecule has 1 unspecified atom stereocenters. The van der Waals surface area contributed by atoms with Crippen LogP contribution in [-0.4, -0.2) is 10.8 Å². The fourth-order valence-corrected chi connectivity index (χ4v) is 6.00. The quantitative estimate of drug-likeness (QED) is 0.219. The number of hydrogen-bond acceptors (Lipinski definition) is 2. The van der Waals surface area contributed by atoms with Crippen LogP contribution in [0, 0.1) is 0 Å². The van der Waals surface area contributed by atoms with Crippen molar-refractivity contribution in [3.05, 3.63) is 119 Å². The number of alkyl halides is 6. The molecule has 1 N–H and O–H groups in total. The van der Waals surface area contributed by atoms with Crippen molar-refractivity contribution in [1.29, 1.82) is 0 Å². The maximum Gasteiger partial charge on any atom is 0.416 e. The zero-order valence-electron chi connectivity index (χ0n) is 19.8. The standard InChI is InChI=1S/C30H16F6N2O/c31-29(32,33)17-11-9-16(10-12-17)28-25-19-5-1-3-7-22(19)37-26(25)20-14-13-18(30(34,35)36)15-24(20)38(28)23-8-4-2-6-21(23)27(28)39/h1-15,37H. The molecule has 0 saturated heterocycles. The third-order valence-corrected chi connectivity index (χ3v) is 7.59. The zero-order chi connectivity index (χ0) is 27.3. The number of anilines is 2. The molecule has 3 nitrogen and oxygen atoms in total. The van der Waals surface area contributed by atoms with Crippen LogP contribution < -0.4 is 4.90 Å². The molecule has 2 aliphatic heterocycles. The number of fused-ring (bicyclic) bond motifs is 10. The number of aromatic amines is 1. The number of para-hydroxylation sites is 2. The van der Waals surface area contributed by atoms with E-state index < -0.39 is 34.8 Å². The molecule has 4 aromatic carbocycles. The second-order valence-electron chi connectivity index (χ2n) is 9.62. The summed E-state index contributed by atoms with van der Waals surface area (Å²) in [6.45, 7) is 0. The van der Waals surface area contributed by atoms with Crippen molar-refractivity contribution in [2.45, 2.75) is 17.9 Å². The van der Waals surface area contributed by atoms with Gasteiger partial charge in [-0.25, -0.2) is 0 Å². The maximum atomic E-state index is 14.5. The van der Waals surface area contributed by atoms with Crippen molar-refractivity contribution in [2.24, 2.45) is 0 Å². The van der Waals surface area contributed by atoms with Gasteiger partial charge in [0, 0.05) is 27.6 Å². The van der Waals surface area contributed by atoms with Gasteiger partial charge in [-0.15, -0.1) is 0 Å². The molecule has 0 aliphatic carbocycles. The topological polar surface area (TPSA) is 36.1 Å². The Balaban J connectivity index is 1.65. The van der Waals surface area contributed by atoms with Crippen LogP contribution in [-0.2, 0) is 17.9 Å². The molecule has 0 saturated carbocycles. The van der Waals surface area contributed by atoms with Crippen LogP contribution >= 0.6 is 0 Å². The smallest absolute Gasteiger partial charge is 0.354 e. The van der Waals surface area contributed by atoms with Crippen LogP contribution in [0.2, 0.25) is 0 Å². The van der Waals surface area contributed by atoms with Crippen molar-refractivity contribution in [3.63, 3.8) is 0 Å². The van der Waals surface area contributed by atoms with E-state index in [1.165, 1.54) is 18.2 Å². The third kappa shape index (κ3) is 3.04. The lowest BCUT2D eigenvalue weighted by Gasteiger charge is -2.44. The van der Waals surface area contributed by atoms with E-state index in [2.05, 4.69) is 4.98 Å². The summed E-state index contributed by atoms with van der Waals surface area (Å²) in [5.41, 5.74) is -0.563. The first-order valence-corrected chi connectivity index (χ1v) is 12.0. The molecule has 39 heavy (non-hydrogen) atoms. The van der Waals surface area contributed by atoms with E-state index in [-0.39, 0.29) is 16.8 Å². The Kier molecular flexibility index (Phi) is 4.55. The molecule has 194 valence electrons. The van der Waals surface area contributed by atoms with Crippen molar-refractivity contribution < 1.29 is 31.1 Å². The number of rotatable bonds is 1. The van der Waals surface area contributed by atoms with E-state index >= 15 is 0 Å². The predicted octanol–water partition coefficient (Wildman–Crippen LogP) is 8.46. The first-order valence-electron chi connectivity index (χ1n) is 12.0. The lowest BCUT2D eigenvalue weighted by molar-refractivity contribution is -0.138. The Morgan fingerprint density at radius 2 is 1.31 bits per heavy atom. The second-order valence-corrected chi connectivity index (χ2v) is 9.62. The number of hydrogen-bond donors (Lipinski definition) is 1. The third-order valence-electron chi connectivity index (χ3n) is 7.59. The molecule has 0 bridgehead atoms. The van der Waals surface area contributed by atoms with Crippen LogP contribution in [0.5, 0.6) is 0 Å². The number of halogens is 6. The first-order chi connectivity index (χ1) is 18.5. The molecular formula is C30H16F6N2O. The molecule has 0 spiro atoms. The summed E-state index contributed by atoms with van der Waals surface area (Å²) in [6, 6.07) is 21.3. The van der Waals surface area contributed by atoms with Gasteiger partial charge >= 0.3 is 12.4 Å². The Labute approximate surface area is 217 Å². The van der Waals surface area contributed by atoms with Gasteiger partial charge in [0.25, 0.3) is 0 Å². The normalized spacial score (nSPS) is 18.1. The molecule has 0 fully saturated rings. The minimum Gasteiger partial charge on any atom is -0.354 e. The van der Waals surface area contributed by atoms with Gasteiger partial charge < -0.3 is 9.88 Å². The van der Waals surface area contributed by atoms with E-state index in [1.807, 2.05) is 0 Å². The zero-order valence-corrected chi connectivity index (χ0v) is 19.8. The minimum absolute atomic E-state index is 0.127. The molecule has 2 aliphatic rings. The molecule has 3 heterocycles. The minimum atomic E-state index is -4.66. The van der Waals surface area contributed by atoms with Crippen molar-refractivity contribution in [3.8, 4) is 11.3 Å². The van der Waals surface area contributed by atoms with Crippen LogP contribution in [0.4, 0.5) is 37.7 Å². The van der Waals surface area contributed by atoms with E-state index in [4.69, 9.17) is 0 Å². The lowest BCUT2D eigenvalue weighted by atomic mass is 9.73. The largest absolute Gasteiger partial charge is 0.416 e. The predicted molar refractivity (Wildman–Crippen MR) is 134 cm³/mol. The summed E-state index contributed by atoms with van der Waals surface area (Å²) in [5, 5.41) is 0.643. The van der Waals surface area contributed by atoms with Gasteiger partial charge in [-0.05, 0) is 48.0 Å². The summed E-state index contributed by atoms with van der Waals surface area (Å²) < 4.78 is 82.2. The Morgan fingerprint density at radius 3 is 2.03 bits per heavy atom. The van der Waals surface area contributed by atoms with Gasteiger partial charge in [-0.3, -0.25) is 4.79 Å². The van der Waals surface area contributed by atoms with Crippen molar-refractivity contribution in [1.82, 2.24) is 4.98 Å². The molecule has 1 atom stereocenters. The van der Waals surface area contributed by atoms with E-state index in [0.717, 1.165) is 24.3 Å². The Morgan fingerprint density at radius 1 is 0.667 bits per heavy atom. The van der Waals surface area contributed by atoms with E-state index in [9.17, 15) is 31.1 Å². The Hall–Kier alpha value is -4.53. The van der Waals surface area contributed by atoms with Crippen LogP contribution in [0.15, 0.2) is 91.0 Å². The first kappa shape index (κ1) is 23.6. The van der Waals surface area contributed by atoms with Crippen LogP contribution in [0.3, 0.4) is 0 Å². The monoisotopic (exact) mass is 534 g/mol. The summed E-state index contributed by atoms with van der Waals surface area (Å²) in [5.74, 6) is -0.438. The molecule has 5 aromatic rings. The highest BCUT2D eigenvalue weighted by Gasteiger charge is 2.59. The number of nitrogens with zero attached hydrogens (tertiary/aromatic N) is 1. The fraction of sp³-hybridized carbons (Fsp3) is 0.100. The van der Waals surface area contributed by atoms with Gasteiger partial charge in [-0.1, -0.05) is 48.5 Å². The van der Waals surface area contributed by atoms with Crippen molar-refractivity contribution >= 4 is 28.1 Å². The number of ketones is 1. The molecule has 1 aromatic heterocycles. The summed E-state index contributed by atoms with van der Waals surface area (Å²) in [7, 11) is 0. The lowest BCUT2D eigenvalue weighted by Crippen LogP contribution is -2.48. The Bertz CT molecular complexity index is 1820. The number of benzene rings is 4. The van der Waals surface area contributed by atoms with Crippen LogP contribution in [0.25, 0.3) is 22.2 Å². The van der Waals surface area contributed by atoms with E-state index in [1.54, 1.807) is 53.4 Å². The second kappa shape index (κ2) is 7.53. The number of H-pyrrole nitrogens is 1. The van der Waals surface area contributed by atoms with Gasteiger partial charge in [0.05, 0.1) is 28.2 Å². The van der Waals surface area contributed by atoms with Gasteiger partial charge in [0.15, 0.2) is 11.3 Å². The highest BCUT2D eigenvalue weighted by Crippen LogP contribution is 2.61.